The first-order chi connectivity index (χ1) is 15.9. The SMILES string of the molecule is CCN(CC)CCN1C(=O)C(=O)/C(=C(/O)c2ccc(OC)c(OC)c2)C1c1ccc(C)cc1. The van der Waals surface area contributed by atoms with Crippen molar-refractivity contribution in [2.45, 2.75) is 26.8 Å². The summed E-state index contributed by atoms with van der Waals surface area (Å²) < 4.78 is 10.6. The average Bonchev–Trinajstić information content (AvgIpc) is 3.09. The van der Waals surface area contributed by atoms with E-state index in [-0.39, 0.29) is 11.3 Å². The fraction of sp³-hybridized carbons (Fsp3) is 0.385. The van der Waals surface area contributed by atoms with E-state index in [1.807, 2.05) is 31.2 Å². The molecule has 3 rings (SSSR count). The molecule has 0 aliphatic carbocycles. The fourth-order valence-corrected chi connectivity index (χ4v) is 4.13. The number of aryl methyl sites for hydroxylation is 1. The van der Waals surface area contributed by atoms with E-state index < -0.39 is 17.7 Å². The van der Waals surface area contributed by atoms with E-state index in [9.17, 15) is 14.7 Å². The maximum absolute atomic E-state index is 13.2. The van der Waals surface area contributed by atoms with E-state index in [1.165, 1.54) is 14.2 Å². The first-order valence-corrected chi connectivity index (χ1v) is 11.2. The Morgan fingerprint density at radius 1 is 1.00 bits per heavy atom. The molecule has 1 fully saturated rings. The van der Waals surface area contributed by atoms with Gasteiger partial charge in [-0.15, -0.1) is 0 Å². The number of likely N-dealkylation sites (N-methyl/N-ethyl adjacent to an activating group) is 1. The first kappa shape index (κ1) is 24.3. The summed E-state index contributed by atoms with van der Waals surface area (Å²) >= 11 is 0. The Morgan fingerprint density at radius 2 is 1.64 bits per heavy atom. The summed E-state index contributed by atoms with van der Waals surface area (Å²) in [6.07, 6.45) is 0. The van der Waals surface area contributed by atoms with Crippen molar-refractivity contribution in [3.63, 3.8) is 0 Å². The Balaban J connectivity index is 2.12. The van der Waals surface area contributed by atoms with Crippen LogP contribution in [0.5, 0.6) is 11.5 Å². The third-order valence-corrected chi connectivity index (χ3v) is 6.14. The lowest BCUT2D eigenvalue weighted by atomic mass is 9.94. The van der Waals surface area contributed by atoms with Crippen LogP contribution in [0.25, 0.3) is 5.76 Å². The van der Waals surface area contributed by atoms with Crippen molar-refractivity contribution in [2.24, 2.45) is 0 Å². The van der Waals surface area contributed by atoms with E-state index in [1.54, 1.807) is 23.1 Å². The predicted octanol–water partition coefficient (Wildman–Crippen LogP) is 3.78. The topological polar surface area (TPSA) is 79.3 Å². The molecule has 1 heterocycles. The van der Waals surface area contributed by atoms with E-state index in [4.69, 9.17) is 9.47 Å². The summed E-state index contributed by atoms with van der Waals surface area (Å²) in [6.45, 7) is 8.82. The number of carbonyl (C=O) groups is 2. The van der Waals surface area contributed by atoms with Gasteiger partial charge in [0.25, 0.3) is 11.7 Å². The molecule has 0 bridgehead atoms. The molecule has 2 aromatic carbocycles. The van der Waals surface area contributed by atoms with Gasteiger partial charge in [-0.2, -0.15) is 0 Å². The number of carbonyl (C=O) groups excluding carboxylic acids is 2. The second-order valence-electron chi connectivity index (χ2n) is 8.00. The Labute approximate surface area is 195 Å². The van der Waals surface area contributed by atoms with Crippen LogP contribution in [0.4, 0.5) is 0 Å². The van der Waals surface area contributed by atoms with Crippen molar-refractivity contribution < 1.29 is 24.2 Å². The van der Waals surface area contributed by atoms with E-state index in [0.717, 1.165) is 24.2 Å². The number of nitrogens with zero attached hydrogens (tertiary/aromatic N) is 2. The van der Waals surface area contributed by atoms with Crippen molar-refractivity contribution >= 4 is 17.4 Å². The fourth-order valence-electron chi connectivity index (χ4n) is 4.13. The van der Waals surface area contributed by atoms with Gasteiger partial charge >= 0.3 is 0 Å². The normalized spacial score (nSPS) is 17.6. The number of aliphatic hydroxyl groups excluding tert-OH is 1. The largest absolute Gasteiger partial charge is 0.507 e. The average molecular weight is 453 g/mol. The van der Waals surface area contributed by atoms with Gasteiger partial charge in [0.15, 0.2) is 11.5 Å². The number of aliphatic hydroxyl groups is 1. The molecule has 1 aliphatic heterocycles. The van der Waals surface area contributed by atoms with Crippen LogP contribution in [0, 0.1) is 6.92 Å². The molecule has 0 spiro atoms. The number of amides is 1. The zero-order valence-electron chi connectivity index (χ0n) is 19.9. The third kappa shape index (κ3) is 4.88. The smallest absolute Gasteiger partial charge is 0.295 e. The molecular formula is C26H32N2O5. The maximum Gasteiger partial charge on any atom is 0.295 e. The second-order valence-corrected chi connectivity index (χ2v) is 8.00. The minimum Gasteiger partial charge on any atom is -0.507 e. The minimum atomic E-state index is -0.688. The lowest BCUT2D eigenvalue weighted by Gasteiger charge is -2.28. The lowest BCUT2D eigenvalue weighted by Crippen LogP contribution is -2.38. The van der Waals surface area contributed by atoms with Crippen LogP contribution >= 0.6 is 0 Å². The monoisotopic (exact) mass is 452 g/mol. The molecule has 1 N–H and O–H groups in total. The Hall–Kier alpha value is -3.32. The van der Waals surface area contributed by atoms with Crippen molar-refractivity contribution in [1.29, 1.82) is 0 Å². The van der Waals surface area contributed by atoms with Gasteiger partial charge in [0.05, 0.1) is 25.8 Å². The number of benzene rings is 2. The van der Waals surface area contributed by atoms with E-state index in [2.05, 4.69) is 18.7 Å². The highest BCUT2D eigenvalue weighted by Crippen LogP contribution is 2.40. The van der Waals surface area contributed by atoms with Crippen LogP contribution in [0.3, 0.4) is 0 Å². The summed E-state index contributed by atoms with van der Waals surface area (Å²) in [6, 6.07) is 11.9. The summed E-state index contributed by atoms with van der Waals surface area (Å²) in [5.74, 6) is -0.597. The molecular weight excluding hydrogens is 420 g/mol. The molecule has 1 saturated heterocycles. The van der Waals surface area contributed by atoms with Gasteiger partial charge in [0.2, 0.25) is 0 Å². The van der Waals surface area contributed by atoms with Crippen molar-refractivity contribution in [3.05, 3.63) is 64.7 Å². The van der Waals surface area contributed by atoms with Crippen molar-refractivity contribution in [3.8, 4) is 11.5 Å². The molecule has 1 unspecified atom stereocenters. The van der Waals surface area contributed by atoms with Gasteiger partial charge in [-0.25, -0.2) is 0 Å². The molecule has 7 heteroatoms. The van der Waals surface area contributed by atoms with Gasteiger partial charge < -0.3 is 24.4 Å². The molecule has 1 atom stereocenters. The molecule has 33 heavy (non-hydrogen) atoms. The van der Waals surface area contributed by atoms with Gasteiger partial charge in [-0.1, -0.05) is 43.7 Å². The van der Waals surface area contributed by atoms with E-state index >= 15 is 0 Å². The quantitative estimate of drug-likeness (QED) is 0.354. The number of hydrogen-bond donors (Lipinski definition) is 1. The van der Waals surface area contributed by atoms with Crippen LogP contribution in [0.15, 0.2) is 48.0 Å². The lowest BCUT2D eigenvalue weighted by molar-refractivity contribution is -0.140. The summed E-state index contributed by atoms with van der Waals surface area (Å²) in [5.41, 5.74) is 2.31. The minimum absolute atomic E-state index is 0.0793. The molecule has 176 valence electrons. The Bertz CT molecular complexity index is 1040. The molecule has 0 aromatic heterocycles. The highest BCUT2D eigenvalue weighted by molar-refractivity contribution is 6.46. The second kappa shape index (κ2) is 10.5. The zero-order valence-corrected chi connectivity index (χ0v) is 19.9. The molecule has 1 amide bonds. The summed E-state index contributed by atoms with van der Waals surface area (Å²) in [5, 5.41) is 11.2. The van der Waals surface area contributed by atoms with Crippen LogP contribution in [-0.4, -0.2) is 67.0 Å². The number of ketones is 1. The van der Waals surface area contributed by atoms with Crippen molar-refractivity contribution in [2.75, 3.05) is 40.4 Å². The van der Waals surface area contributed by atoms with Crippen LogP contribution in [0.2, 0.25) is 0 Å². The number of rotatable bonds is 9. The number of likely N-dealkylation sites (tertiary alicyclic amines) is 1. The highest BCUT2D eigenvalue weighted by Gasteiger charge is 2.46. The van der Waals surface area contributed by atoms with Crippen LogP contribution in [0.1, 0.15) is 36.6 Å². The summed E-state index contributed by atoms with van der Waals surface area (Å²) in [7, 11) is 3.02. The first-order valence-electron chi connectivity index (χ1n) is 11.2. The highest BCUT2D eigenvalue weighted by atomic mass is 16.5. The molecule has 2 aromatic rings. The number of ether oxygens (including phenoxy) is 2. The van der Waals surface area contributed by atoms with Crippen molar-refractivity contribution in [1.82, 2.24) is 9.80 Å². The van der Waals surface area contributed by atoms with Crippen LogP contribution in [-0.2, 0) is 9.59 Å². The predicted molar refractivity (Wildman–Crippen MR) is 128 cm³/mol. The van der Waals surface area contributed by atoms with Gasteiger partial charge in [0.1, 0.15) is 5.76 Å². The molecule has 7 nitrogen and oxygen atoms in total. The Kier molecular flexibility index (Phi) is 7.76. The van der Waals surface area contributed by atoms with E-state index in [0.29, 0.717) is 30.2 Å². The molecule has 0 saturated carbocycles. The third-order valence-electron chi connectivity index (χ3n) is 6.14. The Morgan fingerprint density at radius 3 is 2.21 bits per heavy atom. The maximum atomic E-state index is 13.2. The van der Waals surface area contributed by atoms with Crippen LogP contribution < -0.4 is 9.47 Å². The molecule has 0 radical (unpaired) electrons. The van der Waals surface area contributed by atoms with Gasteiger partial charge in [-0.3, -0.25) is 9.59 Å². The number of hydrogen-bond acceptors (Lipinski definition) is 6. The van der Waals surface area contributed by atoms with Gasteiger partial charge in [-0.05, 0) is 43.8 Å². The standard InChI is InChI=1S/C26H32N2O5/c1-6-27(7-2)14-15-28-23(18-10-8-17(3)9-11-18)22(25(30)26(28)31)24(29)19-12-13-20(32-4)21(16-19)33-5/h8-13,16,23,29H,6-7,14-15H2,1-5H3/b24-22+. The molecule has 1 aliphatic rings. The number of Topliss-reactive ketones (excluding diaryl/α,β-unsaturated/α-hetero) is 1. The number of methoxy groups -OCH3 is 2. The van der Waals surface area contributed by atoms with Gasteiger partial charge in [0, 0.05) is 18.7 Å². The summed E-state index contributed by atoms with van der Waals surface area (Å²) in [4.78, 5) is 30.0. The zero-order chi connectivity index (χ0) is 24.1.